The monoisotopic (exact) mass is 477 g/mol. The Kier molecular flexibility index (Phi) is 6.44. The van der Waals surface area contributed by atoms with E-state index in [0.29, 0.717) is 43.6 Å². The fourth-order valence-corrected chi connectivity index (χ4v) is 4.72. The van der Waals surface area contributed by atoms with Crippen molar-refractivity contribution < 1.29 is 19.3 Å². The summed E-state index contributed by atoms with van der Waals surface area (Å²) in [7, 11) is 1.59. The number of benzene rings is 1. The first-order valence-corrected chi connectivity index (χ1v) is 11.9. The molecule has 0 aliphatic carbocycles. The summed E-state index contributed by atoms with van der Waals surface area (Å²) in [5.74, 6) is 2.86. The van der Waals surface area contributed by atoms with Crippen LogP contribution in [-0.4, -0.2) is 72.2 Å². The number of morpholine rings is 2. The first kappa shape index (κ1) is 23.3. The maximum Gasteiger partial charge on any atom is 0.228 e. The second kappa shape index (κ2) is 9.67. The van der Waals surface area contributed by atoms with Crippen LogP contribution in [0.1, 0.15) is 19.4 Å². The number of ether oxygens (including phenoxy) is 3. The minimum absolute atomic E-state index is 0.00969. The van der Waals surface area contributed by atoms with Crippen LogP contribution in [0.25, 0.3) is 22.2 Å². The molecule has 0 unspecified atom stereocenters. The van der Waals surface area contributed by atoms with Crippen LogP contribution >= 0.6 is 0 Å². The molecule has 0 radical (unpaired) electrons. The Balaban J connectivity index is 1.63. The molecule has 5 rings (SSSR count). The standard InChI is InChI=1S/C26H31N5O4/c1-16-15-34-8-7-31(16)26-28-23-10-22(19-5-6-24(33-4)20(9-19)14-32)27-11-21(23)25(29-26)30-12-17(2)35-18(3)13-30/h5-6,9-11,16,18,32H,2,7-8,12-15H2,1,3-4H3/t16-,18-/m0/s1. The molecule has 0 saturated carbocycles. The van der Waals surface area contributed by atoms with Crippen molar-refractivity contribution in [3.8, 4) is 17.0 Å². The van der Waals surface area contributed by atoms with E-state index < -0.39 is 0 Å². The molecule has 1 aromatic carbocycles. The zero-order valence-electron chi connectivity index (χ0n) is 20.4. The molecule has 4 heterocycles. The van der Waals surface area contributed by atoms with Gasteiger partial charge in [0.2, 0.25) is 5.95 Å². The number of anilines is 2. The maximum atomic E-state index is 9.76. The molecule has 0 amide bonds. The highest BCUT2D eigenvalue weighted by Gasteiger charge is 2.27. The average molecular weight is 478 g/mol. The van der Waals surface area contributed by atoms with Gasteiger partial charge in [-0.2, -0.15) is 4.98 Å². The molecular weight excluding hydrogens is 446 g/mol. The molecule has 2 saturated heterocycles. The number of hydrogen-bond acceptors (Lipinski definition) is 9. The number of nitrogens with zero attached hydrogens (tertiary/aromatic N) is 5. The minimum atomic E-state index is -0.116. The van der Waals surface area contributed by atoms with Gasteiger partial charge in [0.1, 0.15) is 23.4 Å². The highest BCUT2D eigenvalue weighted by atomic mass is 16.5. The number of hydrogen-bond donors (Lipinski definition) is 1. The van der Waals surface area contributed by atoms with Gasteiger partial charge in [0.15, 0.2) is 0 Å². The van der Waals surface area contributed by atoms with Gasteiger partial charge in [-0.15, -0.1) is 0 Å². The molecule has 9 nitrogen and oxygen atoms in total. The Labute approximate surface area is 205 Å². The second-order valence-corrected chi connectivity index (χ2v) is 9.08. The summed E-state index contributed by atoms with van der Waals surface area (Å²) in [5.41, 5.74) is 3.16. The molecule has 0 bridgehead atoms. The van der Waals surface area contributed by atoms with Gasteiger partial charge in [-0.3, -0.25) is 4.98 Å². The van der Waals surface area contributed by atoms with Crippen molar-refractivity contribution in [3.05, 3.63) is 48.4 Å². The summed E-state index contributed by atoms with van der Waals surface area (Å²) < 4.78 is 16.8. The number of aliphatic hydroxyl groups excluding tert-OH is 1. The van der Waals surface area contributed by atoms with Gasteiger partial charge < -0.3 is 29.1 Å². The second-order valence-electron chi connectivity index (χ2n) is 9.08. The maximum absolute atomic E-state index is 9.76. The quantitative estimate of drug-likeness (QED) is 0.595. The molecule has 2 fully saturated rings. The Morgan fingerprint density at radius 2 is 2.09 bits per heavy atom. The van der Waals surface area contributed by atoms with Gasteiger partial charge in [0, 0.05) is 23.9 Å². The Hall–Kier alpha value is -3.43. The van der Waals surface area contributed by atoms with Crippen LogP contribution in [0, 0.1) is 0 Å². The molecule has 9 heteroatoms. The Morgan fingerprint density at radius 1 is 1.23 bits per heavy atom. The minimum Gasteiger partial charge on any atom is -0.496 e. The normalized spacial score (nSPS) is 20.7. The van der Waals surface area contributed by atoms with Crippen molar-refractivity contribution in [2.45, 2.75) is 32.6 Å². The van der Waals surface area contributed by atoms with Crippen molar-refractivity contribution in [2.24, 2.45) is 0 Å². The first-order chi connectivity index (χ1) is 17.0. The van der Waals surface area contributed by atoms with E-state index in [0.717, 1.165) is 40.3 Å². The number of methoxy groups -OCH3 is 1. The lowest BCUT2D eigenvalue weighted by atomic mass is 10.1. The third kappa shape index (κ3) is 4.61. The zero-order valence-corrected chi connectivity index (χ0v) is 20.4. The summed E-state index contributed by atoms with van der Waals surface area (Å²) in [5, 5.41) is 10.6. The van der Waals surface area contributed by atoms with Crippen molar-refractivity contribution >= 4 is 22.7 Å². The number of fused-ring (bicyclic) bond motifs is 1. The molecule has 2 atom stereocenters. The van der Waals surface area contributed by atoms with E-state index in [1.807, 2.05) is 37.4 Å². The van der Waals surface area contributed by atoms with Crippen LogP contribution in [0.15, 0.2) is 42.8 Å². The predicted octanol–water partition coefficient (Wildman–Crippen LogP) is 3.16. The van der Waals surface area contributed by atoms with E-state index in [-0.39, 0.29) is 18.8 Å². The van der Waals surface area contributed by atoms with Crippen LogP contribution < -0.4 is 14.5 Å². The molecule has 0 spiro atoms. The number of pyridine rings is 1. The smallest absolute Gasteiger partial charge is 0.228 e. The van der Waals surface area contributed by atoms with Gasteiger partial charge in [-0.25, -0.2) is 4.98 Å². The number of rotatable bonds is 5. The van der Waals surface area contributed by atoms with Crippen molar-refractivity contribution in [3.63, 3.8) is 0 Å². The summed E-state index contributed by atoms with van der Waals surface area (Å²) in [6, 6.07) is 7.83. The zero-order chi connectivity index (χ0) is 24.5. The largest absolute Gasteiger partial charge is 0.496 e. The van der Waals surface area contributed by atoms with Crippen LogP contribution in [0.4, 0.5) is 11.8 Å². The van der Waals surface area contributed by atoms with Gasteiger partial charge in [-0.05, 0) is 38.1 Å². The third-order valence-electron chi connectivity index (χ3n) is 6.43. The van der Waals surface area contributed by atoms with Crippen LogP contribution in [0.3, 0.4) is 0 Å². The molecule has 184 valence electrons. The molecule has 3 aromatic rings. The van der Waals surface area contributed by atoms with Crippen LogP contribution in [0.5, 0.6) is 5.75 Å². The summed E-state index contributed by atoms with van der Waals surface area (Å²) in [4.78, 5) is 19.1. The third-order valence-corrected chi connectivity index (χ3v) is 6.43. The molecule has 2 aromatic heterocycles. The van der Waals surface area contributed by atoms with Crippen molar-refractivity contribution in [1.82, 2.24) is 15.0 Å². The number of aromatic nitrogens is 3. The van der Waals surface area contributed by atoms with E-state index in [1.165, 1.54) is 0 Å². The lowest BCUT2D eigenvalue weighted by Crippen LogP contribution is -2.45. The topological polar surface area (TPSA) is 93.1 Å². The average Bonchev–Trinajstić information content (AvgIpc) is 2.87. The van der Waals surface area contributed by atoms with Gasteiger partial charge in [0.25, 0.3) is 0 Å². The SMILES string of the molecule is C=C1CN(c2nc(N3CCOC[C@@H]3C)nc3cc(-c4ccc(OC)c(CO)c4)ncc23)C[C@H](C)O1. The summed E-state index contributed by atoms with van der Waals surface area (Å²) in [6.45, 7) is 11.4. The molecule has 2 aliphatic heterocycles. The molecule has 2 aliphatic rings. The molecular formula is C26H31N5O4. The lowest BCUT2D eigenvalue weighted by molar-refractivity contribution is 0.0981. The van der Waals surface area contributed by atoms with E-state index in [1.54, 1.807) is 7.11 Å². The fourth-order valence-electron chi connectivity index (χ4n) is 4.72. The van der Waals surface area contributed by atoms with Gasteiger partial charge in [-0.1, -0.05) is 6.58 Å². The Bertz CT molecular complexity index is 1250. The van der Waals surface area contributed by atoms with E-state index in [2.05, 4.69) is 23.3 Å². The highest BCUT2D eigenvalue weighted by molar-refractivity contribution is 5.92. The lowest BCUT2D eigenvalue weighted by Gasteiger charge is -2.36. The predicted molar refractivity (Wildman–Crippen MR) is 135 cm³/mol. The van der Waals surface area contributed by atoms with Gasteiger partial charge >= 0.3 is 0 Å². The van der Waals surface area contributed by atoms with Crippen molar-refractivity contribution in [2.75, 3.05) is 49.8 Å². The molecule has 1 N–H and O–H groups in total. The van der Waals surface area contributed by atoms with Crippen molar-refractivity contribution in [1.29, 1.82) is 0 Å². The highest BCUT2D eigenvalue weighted by Crippen LogP contribution is 2.33. The van der Waals surface area contributed by atoms with Gasteiger partial charge in [0.05, 0.1) is 62.7 Å². The van der Waals surface area contributed by atoms with E-state index in [4.69, 9.17) is 29.2 Å². The van der Waals surface area contributed by atoms with Crippen LogP contribution in [-0.2, 0) is 16.1 Å². The van der Waals surface area contributed by atoms with E-state index >= 15 is 0 Å². The Morgan fingerprint density at radius 3 is 2.83 bits per heavy atom. The first-order valence-electron chi connectivity index (χ1n) is 11.9. The van der Waals surface area contributed by atoms with E-state index in [9.17, 15) is 5.11 Å². The fraction of sp³-hybridized carbons (Fsp3) is 0.423. The molecule has 35 heavy (non-hydrogen) atoms. The van der Waals surface area contributed by atoms with Crippen LogP contribution in [0.2, 0.25) is 0 Å². The number of aliphatic hydroxyl groups is 1. The summed E-state index contributed by atoms with van der Waals surface area (Å²) >= 11 is 0. The summed E-state index contributed by atoms with van der Waals surface area (Å²) in [6.07, 6.45) is 1.84.